The van der Waals surface area contributed by atoms with Crippen molar-refractivity contribution in [3.05, 3.63) is 94.5 Å². The van der Waals surface area contributed by atoms with E-state index in [0.717, 1.165) is 30.8 Å². The maximum atomic E-state index is 5.36. The number of methoxy groups -OCH3 is 2. The Morgan fingerprint density at radius 1 is 0.714 bits per heavy atom. The van der Waals surface area contributed by atoms with Crippen LogP contribution in [0.4, 0.5) is 0 Å². The zero-order chi connectivity index (χ0) is 19.9. The lowest BCUT2D eigenvalue weighted by atomic mass is 9.82. The third-order valence-electron chi connectivity index (χ3n) is 5.50. The van der Waals surface area contributed by atoms with Gasteiger partial charge in [0.05, 0.1) is 14.2 Å². The molecule has 0 aliphatic carbocycles. The molecular formula is C26H29O2. The molecule has 0 unspecified atom stereocenters. The number of ether oxygens (including phenoxy) is 2. The molecule has 3 aromatic rings. The zero-order valence-corrected chi connectivity index (χ0v) is 17.3. The minimum absolute atomic E-state index is 0.273. The average Bonchev–Trinajstić information content (AvgIpc) is 2.77. The largest absolute Gasteiger partial charge is 0.497 e. The highest BCUT2D eigenvalue weighted by atomic mass is 16.5. The Labute approximate surface area is 169 Å². The minimum Gasteiger partial charge on any atom is -0.497 e. The van der Waals surface area contributed by atoms with Crippen LogP contribution >= 0.6 is 0 Å². The molecule has 2 heteroatoms. The summed E-state index contributed by atoms with van der Waals surface area (Å²) >= 11 is 0. The molecule has 145 valence electrons. The van der Waals surface area contributed by atoms with Crippen molar-refractivity contribution >= 4 is 0 Å². The number of hydrogen-bond acceptors (Lipinski definition) is 2. The van der Waals surface area contributed by atoms with Gasteiger partial charge in [-0.2, -0.15) is 0 Å². The summed E-state index contributed by atoms with van der Waals surface area (Å²) in [5, 5.41) is 0. The van der Waals surface area contributed by atoms with E-state index in [9.17, 15) is 0 Å². The minimum atomic E-state index is 0.273. The van der Waals surface area contributed by atoms with Crippen molar-refractivity contribution < 1.29 is 9.47 Å². The van der Waals surface area contributed by atoms with E-state index < -0.39 is 0 Å². The van der Waals surface area contributed by atoms with Gasteiger partial charge in [-0.15, -0.1) is 0 Å². The van der Waals surface area contributed by atoms with Crippen LogP contribution in [0.1, 0.15) is 47.6 Å². The van der Waals surface area contributed by atoms with Crippen molar-refractivity contribution in [3.63, 3.8) is 0 Å². The molecule has 0 atom stereocenters. The summed E-state index contributed by atoms with van der Waals surface area (Å²) in [7, 11) is 3.41. The second-order valence-electron chi connectivity index (χ2n) is 6.99. The molecule has 0 heterocycles. The predicted molar refractivity (Wildman–Crippen MR) is 116 cm³/mol. The number of aryl methyl sites for hydroxylation is 2. The van der Waals surface area contributed by atoms with Crippen LogP contribution in [-0.4, -0.2) is 14.2 Å². The van der Waals surface area contributed by atoms with E-state index in [1.165, 1.54) is 27.8 Å². The number of benzene rings is 3. The Morgan fingerprint density at radius 3 is 1.50 bits per heavy atom. The maximum absolute atomic E-state index is 5.36. The fourth-order valence-corrected chi connectivity index (χ4v) is 3.82. The van der Waals surface area contributed by atoms with Crippen molar-refractivity contribution in [1.29, 1.82) is 0 Å². The first-order chi connectivity index (χ1) is 13.7. The molecule has 0 aliphatic heterocycles. The van der Waals surface area contributed by atoms with Gasteiger partial charge < -0.3 is 9.47 Å². The summed E-state index contributed by atoms with van der Waals surface area (Å²) in [4.78, 5) is 0. The van der Waals surface area contributed by atoms with Crippen molar-refractivity contribution in [2.75, 3.05) is 14.2 Å². The van der Waals surface area contributed by atoms with Gasteiger partial charge in [0.15, 0.2) is 0 Å². The molecule has 0 aliphatic rings. The molecule has 3 aromatic carbocycles. The molecule has 0 saturated carbocycles. The molecular weight excluding hydrogens is 344 g/mol. The van der Waals surface area contributed by atoms with E-state index >= 15 is 0 Å². The molecule has 0 bridgehead atoms. The van der Waals surface area contributed by atoms with Gasteiger partial charge in [0.1, 0.15) is 11.5 Å². The Hall–Kier alpha value is -2.74. The highest BCUT2D eigenvalue weighted by molar-refractivity contribution is 5.43. The summed E-state index contributed by atoms with van der Waals surface area (Å²) in [6, 6.07) is 24.5. The van der Waals surface area contributed by atoms with Crippen LogP contribution in [0.25, 0.3) is 0 Å². The van der Waals surface area contributed by atoms with Crippen LogP contribution in [0, 0.1) is 6.07 Å². The van der Waals surface area contributed by atoms with E-state index in [-0.39, 0.29) is 5.92 Å². The van der Waals surface area contributed by atoms with E-state index in [1.807, 2.05) is 24.3 Å². The van der Waals surface area contributed by atoms with Gasteiger partial charge in [-0.05, 0) is 77.4 Å². The maximum Gasteiger partial charge on any atom is 0.118 e. The van der Waals surface area contributed by atoms with Crippen LogP contribution in [0.2, 0.25) is 0 Å². The van der Waals surface area contributed by atoms with Gasteiger partial charge in [0, 0.05) is 5.92 Å². The smallest absolute Gasteiger partial charge is 0.118 e. The molecule has 0 N–H and O–H groups in total. The lowest BCUT2D eigenvalue weighted by Crippen LogP contribution is -2.09. The Balaban J connectivity index is 2.05. The van der Waals surface area contributed by atoms with Gasteiger partial charge in [0.25, 0.3) is 0 Å². The van der Waals surface area contributed by atoms with Crippen molar-refractivity contribution in [2.24, 2.45) is 0 Å². The van der Waals surface area contributed by atoms with Gasteiger partial charge in [-0.25, -0.2) is 0 Å². The molecule has 0 fully saturated rings. The second kappa shape index (κ2) is 9.45. The quantitative estimate of drug-likeness (QED) is 0.482. The molecule has 0 aromatic heterocycles. The van der Waals surface area contributed by atoms with Crippen LogP contribution in [0.3, 0.4) is 0 Å². The van der Waals surface area contributed by atoms with E-state index in [4.69, 9.17) is 9.47 Å². The Morgan fingerprint density at radius 2 is 1.14 bits per heavy atom. The third kappa shape index (κ3) is 4.39. The highest BCUT2D eigenvalue weighted by Gasteiger charge is 2.19. The molecule has 0 spiro atoms. The summed E-state index contributed by atoms with van der Waals surface area (Å²) in [5.41, 5.74) is 6.84. The number of hydrogen-bond donors (Lipinski definition) is 0. The van der Waals surface area contributed by atoms with Gasteiger partial charge >= 0.3 is 0 Å². The fraction of sp³-hybridized carbons (Fsp3) is 0.308. The third-order valence-corrected chi connectivity index (χ3v) is 5.50. The lowest BCUT2D eigenvalue weighted by molar-refractivity contribution is 0.414. The molecule has 2 nitrogen and oxygen atoms in total. The van der Waals surface area contributed by atoms with Crippen LogP contribution in [-0.2, 0) is 19.3 Å². The molecule has 0 saturated heterocycles. The Kier molecular flexibility index (Phi) is 6.76. The summed E-state index contributed by atoms with van der Waals surface area (Å²) in [5.74, 6) is 2.04. The first-order valence-corrected chi connectivity index (χ1v) is 9.98. The monoisotopic (exact) mass is 373 g/mol. The summed E-state index contributed by atoms with van der Waals surface area (Å²) in [6.07, 6.45) is 3.02. The van der Waals surface area contributed by atoms with Crippen molar-refractivity contribution in [1.82, 2.24) is 0 Å². The highest BCUT2D eigenvalue weighted by Crippen LogP contribution is 2.33. The SMILES string of the molecule is CCc1c[c]cc(CC)c1CC(c1ccc(OC)cc1)c1ccc(OC)cc1. The van der Waals surface area contributed by atoms with Gasteiger partial charge in [-0.3, -0.25) is 0 Å². The van der Waals surface area contributed by atoms with Gasteiger partial charge in [-0.1, -0.05) is 50.2 Å². The molecule has 3 rings (SSSR count). The molecule has 1 radical (unpaired) electrons. The number of rotatable bonds is 8. The molecule has 0 amide bonds. The van der Waals surface area contributed by atoms with Crippen molar-refractivity contribution in [3.8, 4) is 11.5 Å². The summed E-state index contributed by atoms with van der Waals surface area (Å²) < 4.78 is 10.7. The summed E-state index contributed by atoms with van der Waals surface area (Å²) in [6.45, 7) is 4.45. The van der Waals surface area contributed by atoms with E-state index in [1.54, 1.807) is 14.2 Å². The van der Waals surface area contributed by atoms with Crippen LogP contribution in [0.5, 0.6) is 11.5 Å². The van der Waals surface area contributed by atoms with E-state index in [2.05, 4.69) is 56.3 Å². The lowest BCUT2D eigenvalue weighted by Gasteiger charge is -2.22. The normalized spacial score (nSPS) is 10.9. The topological polar surface area (TPSA) is 18.5 Å². The predicted octanol–water partition coefficient (Wildman–Crippen LogP) is 6.00. The van der Waals surface area contributed by atoms with Crippen LogP contribution in [0.15, 0.2) is 60.7 Å². The first kappa shape index (κ1) is 20.0. The zero-order valence-electron chi connectivity index (χ0n) is 17.3. The Bertz CT molecular complexity index is 810. The van der Waals surface area contributed by atoms with E-state index in [0.29, 0.717) is 0 Å². The van der Waals surface area contributed by atoms with Crippen LogP contribution < -0.4 is 9.47 Å². The first-order valence-electron chi connectivity index (χ1n) is 9.98. The van der Waals surface area contributed by atoms with Crippen molar-refractivity contribution in [2.45, 2.75) is 39.0 Å². The average molecular weight is 374 g/mol. The molecule has 28 heavy (non-hydrogen) atoms. The van der Waals surface area contributed by atoms with Gasteiger partial charge in [0.2, 0.25) is 0 Å². The fourth-order valence-electron chi connectivity index (χ4n) is 3.82. The second-order valence-corrected chi connectivity index (χ2v) is 6.99. The standard InChI is InChI=1S/C26H29O2/c1-5-19-8-7-9-20(6-2)25(19)18-26(21-10-14-23(27-3)15-11-21)22-12-16-24(28-4)17-13-22/h8-17,26H,5-6,18H2,1-4H3.